The van der Waals surface area contributed by atoms with Gasteiger partial charge >= 0.3 is 10.2 Å². The van der Waals surface area contributed by atoms with Crippen molar-refractivity contribution in [2.75, 3.05) is 18.8 Å². The average molecular weight is 297 g/mol. The molecule has 10 heteroatoms. The smallest absolute Gasteiger partial charge is 0.268 e. The van der Waals surface area contributed by atoms with Crippen molar-refractivity contribution in [1.82, 2.24) is 4.31 Å². The molecule has 0 aliphatic rings. The van der Waals surface area contributed by atoms with Crippen LogP contribution in [0.5, 0.6) is 0 Å². The van der Waals surface area contributed by atoms with Crippen LogP contribution in [0.2, 0.25) is 0 Å². The van der Waals surface area contributed by atoms with Gasteiger partial charge in [0.15, 0.2) is 0 Å². The van der Waals surface area contributed by atoms with Gasteiger partial charge in [0, 0.05) is 14.1 Å². The van der Waals surface area contributed by atoms with Crippen LogP contribution in [0.15, 0.2) is 23.1 Å². The lowest BCUT2D eigenvalue weighted by Gasteiger charge is -2.14. The lowest BCUT2D eigenvalue weighted by molar-refractivity contribution is 0.526. The molecule has 0 fully saturated rings. The number of primary sulfonamides is 1. The highest BCUT2D eigenvalue weighted by Gasteiger charge is 2.17. The topological polar surface area (TPSA) is 110 Å². The van der Waals surface area contributed by atoms with Gasteiger partial charge in [0.05, 0.1) is 10.6 Å². The quantitative estimate of drug-likeness (QED) is 0.794. The zero-order valence-electron chi connectivity index (χ0n) is 9.58. The zero-order chi connectivity index (χ0) is 14.1. The second kappa shape index (κ2) is 4.80. The Morgan fingerprint density at radius 3 is 2.17 bits per heavy atom. The van der Waals surface area contributed by atoms with E-state index in [2.05, 4.69) is 0 Å². The molecule has 0 saturated carbocycles. The second-order valence-electron chi connectivity index (χ2n) is 3.58. The summed E-state index contributed by atoms with van der Waals surface area (Å²) >= 11 is 0. The molecule has 0 atom stereocenters. The van der Waals surface area contributed by atoms with Crippen LogP contribution in [0.3, 0.4) is 0 Å². The average Bonchev–Trinajstić information content (AvgIpc) is 2.19. The van der Waals surface area contributed by atoms with Crippen molar-refractivity contribution >= 4 is 25.9 Å². The van der Waals surface area contributed by atoms with Gasteiger partial charge in [-0.3, -0.25) is 4.72 Å². The molecule has 0 unspecified atom stereocenters. The molecule has 0 saturated heterocycles. The van der Waals surface area contributed by atoms with Gasteiger partial charge in [-0.05, 0) is 18.2 Å². The number of nitrogens with two attached hydrogens (primary N) is 1. The highest BCUT2D eigenvalue weighted by Crippen LogP contribution is 2.19. The standard InChI is InChI=1S/C8H12FN3O4S2/c1-12(2)18(15,16)11-8-4-3-6(5-7(8)9)17(10,13)14/h3-5,11H,1-2H3,(H2,10,13,14). The van der Waals surface area contributed by atoms with Crippen LogP contribution in [0.1, 0.15) is 0 Å². The minimum atomic E-state index is -4.03. The Morgan fingerprint density at radius 2 is 1.78 bits per heavy atom. The van der Waals surface area contributed by atoms with Crippen LogP contribution >= 0.6 is 0 Å². The first-order valence-corrected chi connectivity index (χ1v) is 7.55. The van der Waals surface area contributed by atoms with E-state index in [-0.39, 0.29) is 5.69 Å². The predicted octanol–water partition coefficient (Wildman–Crippen LogP) is -0.309. The molecule has 0 heterocycles. The number of rotatable bonds is 4. The third-order valence-electron chi connectivity index (χ3n) is 1.99. The first-order valence-electron chi connectivity index (χ1n) is 4.56. The summed E-state index contributed by atoms with van der Waals surface area (Å²) in [6.07, 6.45) is 0. The fraction of sp³-hybridized carbons (Fsp3) is 0.250. The predicted molar refractivity (Wildman–Crippen MR) is 64.0 cm³/mol. The normalized spacial score (nSPS) is 12.7. The SMILES string of the molecule is CN(C)S(=O)(=O)Nc1ccc(S(N)(=O)=O)cc1F. The summed E-state index contributed by atoms with van der Waals surface area (Å²) in [7, 11) is -5.36. The summed E-state index contributed by atoms with van der Waals surface area (Å²) < 4.78 is 61.1. The number of hydrogen-bond donors (Lipinski definition) is 2. The van der Waals surface area contributed by atoms with Crippen LogP contribution in [0, 0.1) is 5.82 Å². The van der Waals surface area contributed by atoms with Crippen molar-refractivity contribution in [2.24, 2.45) is 5.14 Å². The molecular weight excluding hydrogens is 285 g/mol. The molecule has 0 spiro atoms. The van der Waals surface area contributed by atoms with Crippen molar-refractivity contribution in [2.45, 2.75) is 4.90 Å². The number of nitrogens with zero attached hydrogens (tertiary/aromatic N) is 1. The van der Waals surface area contributed by atoms with Gasteiger partial charge in [0.1, 0.15) is 5.82 Å². The maximum absolute atomic E-state index is 13.5. The van der Waals surface area contributed by atoms with E-state index in [9.17, 15) is 21.2 Å². The van der Waals surface area contributed by atoms with Crippen LogP contribution in [-0.2, 0) is 20.2 Å². The van der Waals surface area contributed by atoms with Gasteiger partial charge in [-0.1, -0.05) is 0 Å². The Hall–Kier alpha value is -1.23. The molecule has 7 nitrogen and oxygen atoms in total. The second-order valence-corrected chi connectivity index (χ2v) is 7.02. The van der Waals surface area contributed by atoms with Crippen molar-refractivity contribution in [3.05, 3.63) is 24.0 Å². The molecule has 18 heavy (non-hydrogen) atoms. The molecule has 0 radical (unpaired) electrons. The third-order valence-corrected chi connectivity index (χ3v) is 4.34. The van der Waals surface area contributed by atoms with E-state index in [1.165, 1.54) is 14.1 Å². The Morgan fingerprint density at radius 1 is 1.22 bits per heavy atom. The van der Waals surface area contributed by atoms with E-state index in [1.54, 1.807) is 0 Å². The van der Waals surface area contributed by atoms with E-state index < -0.39 is 30.9 Å². The van der Waals surface area contributed by atoms with Gasteiger partial charge in [-0.25, -0.2) is 17.9 Å². The monoisotopic (exact) mass is 297 g/mol. The van der Waals surface area contributed by atoms with Gasteiger partial charge in [-0.15, -0.1) is 0 Å². The minimum Gasteiger partial charge on any atom is -0.268 e. The molecule has 1 aromatic carbocycles. The van der Waals surface area contributed by atoms with E-state index in [1.807, 2.05) is 4.72 Å². The summed E-state index contributed by atoms with van der Waals surface area (Å²) in [6, 6.07) is 2.63. The molecular formula is C8H12FN3O4S2. The highest BCUT2D eigenvalue weighted by molar-refractivity contribution is 7.90. The van der Waals surface area contributed by atoms with Gasteiger partial charge in [0.2, 0.25) is 10.0 Å². The summed E-state index contributed by atoms with van der Waals surface area (Å²) in [5.41, 5.74) is -0.365. The van der Waals surface area contributed by atoms with Crippen LogP contribution in [0.25, 0.3) is 0 Å². The van der Waals surface area contributed by atoms with Crippen molar-refractivity contribution in [3.8, 4) is 0 Å². The van der Waals surface area contributed by atoms with Crippen LogP contribution < -0.4 is 9.86 Å². The fourth-order valence-electron chi connectivity index (χ4n) is 0.986. The number of nitrogens with one attached hydrogen (secondary N) is 1. The first-order chi connectivity index (χ1) is 8.04. The lowest BCUT2D eigenvalue weighted by Crippen LogP contribution is -2.29. The Bertz CT molecular complexity index is 655. The molecule has 3 N–H and O–H groups in total. The minimum absolute atomic E-state index is 0.365. The van der Waals surface area contributed by atoms with Crippen molar-refractivity contribution < 1.29 is 21.2 Å². The first kappa shape index (κ1) is 14.8. The van der Waals surface area contributed by atoms with E-state index in [4.69, 9.17) is 5.14 Å². The highest BCUT2D eigenvalue weighted by atomic mass is 32.2. The Labute approximate surface area is 105 Å². The molecule has 102 valence electrons. The van der Waals surface area contributed by atoms with E-state index in [0.29, 0.717) is 6.07 Å². The molecule has 1 rings (SSSR count). The molecule has 0 aliphatic heterocycles. The van der Waals surface area contributed by atoms with Crippen LogP contribution in [-0.4, -0.2) is 35.2 Å². The maximum Gasteiger partial charge on any atom is 0.301 e. The fourth-order valence-corrected chi connectivity index (χ4v) is 2.14. The summed E-state index contributed by atoms with van der Waals surface area (Å²) in [5.74, 6) is -1.04. The molecule has 0 aromatic heterocycles. The van der Waals surface area contributed by atoms with E-state index in [0.717, 1.165) is 16.4 Å². The molecule has 1 aromatic rings. The zero-order valence-corrected chi connectivity index (χ0v) is 11.2. The molecule has 0 amide bonds. The van der Waals surface area contributed by atoms with Crippen molar-refractivity contribution in [3.63, 3.8) is 0 Å². The molecule has 0 aliphatic carbocycles. The summed E-state index contributed by atoms with van der Waals surface area (Å²) in [5, 5.41) is 4.81. The van der Waals surface area contributed by atoms with Crippen LogP contribution in [0.4, 0.5) is 10.1 Å². The number of anilines is 1. The van der Waals surface area contributed by atoms with E-state index >= 15 is 0 Å². The van der Waals surface area contributed by atoms with Gasteiger partial charge in [0.25, 0.3) is 0 Å². The number of halogens is 1. The maximum atomic E-state index is 13.5. The third kappa shape index (κ3) is 3.38. The summed E-state index contributed by atoms with van der Waals surface area (Å²) in [6.45, 7) is 0. The molecule has 0 bridgehead atoms. The van der Waals surface area contributed by atoms with Crippen molar-refractivity contribution in [1.29, 1.82) is 0 Å². The number of hydrogen-bond acceptors (Lipinski definition) is 4. The number of sulfonamides is 1. The lowest BCUT2D eigenvalue weighted by atomic mass is 10.3. The Kier molecular flexibility index (Phi) is 3.96. The number of benzene rings is 1. The summed E-state index contributed by atoms with van der Waals surface area (Å²) in [4.78, 5) is -0.437. The van der Waals surface area contributed by atoms with Gasteiger partial charge in [-0.2, -0.15) is 12.7 Å². The van der Waals surface area contributed by atoms with Gasteiger partial charge < -0.3 is 0 Å². The Balaban J connectivity index is 3.16. The largest absolute Gasteiger partial charge is 0.301 e.